The quantitative estimate of drug-likeness (QED) is 0.608. The van der Waals surface area contributed by atoms with E-state index in [-0.39, 0.29) is 0 Å². The van der Waals surface area contributed by atoms with Crippen LogP contribution in [0.2, 0.25) is 0 Å². The van der Waals surface area contributed by atoms with E-state index in [2.05, 4.69) is 39.4 Å². The zero-order valence-corrected chi connectivity index (χ0v) is 10.5. The molecule has 2 rings (SSSR count). The first kappa shape index (κ1) is 11.5. The molecular weight excluding hydrogens is 218 g/mol. The van der Waals surface area contributed by atoms with E-state index < -0.39 is 0 Å². The van der Waals surface area contributed by atoms with Crippen LogP contribution in [-0.2, 0) is 6.54 Å². The third kappa shape index (κ3) is 3.85. The number of thiophene rings is 1. The third-order valence-electron chi connectivity index (χ3n) is 2.60. The molecule has 3 nitrogen and oxygen atoms in total. The van der Waals surface area contributed by atoms with Crippen LogP contribution >= 0.6 is 11.3 Å². The molecule has 0 spiro atoms. The number of guanidine groups is 1. The molecule has 1 fully saturated rings. The smallest absolute Gasteiger partial charge is 0.191 e. The number of hydrogen-bond donors (Lipinski definition) is 2. The van der Waals surface area contributed by atoms with Gasteiger partial charge < -0.3 is 10.6 Å². The number of aliphatic imine (C=N–C) groups is 1. The lowest BCUT2D eigenvalue weighted by Crippen LogP contribution is -2.38. The summed E-state index contributed by atoms with van der Waals surface area (Å²) in [5, 5.41) is 10.9. The Balaban J connectivity index is 1.81. The summed E-state index contributed by atoms with van der Waals surface area (Å²) < 4.78 is 0. The molecule has 1 aromatic heterocycles. The van der Waals surface area contributed by atoms with Crippen molar-refractivity contribution in [3.8, 4) is 0 Å². The molecule has 88 valence electrons. The average molecular weight is 237 g/mol. The van der Waals surface area contributed by atoms with Crippen LogP contribution in [0, 0.1) is 5.92 Å². The summed E-state index contributed by atoms with van der Waals surface area (Å²) in [6.45, 7) is 4.85. The van der Waals surface area contributed by atoms with Gasteiger partial charge in [-0.2, -0.15) is 11.3 Å². The first-order chi connectivity index (χ1) is 7.88. The van der Waals surface area contributed by atoms with Crippen molar-refractivity contribution in [3.05, 3.63) is 22.4 Å². The molecule has 1 saturated carbocycles. The van der Waals surface area contributed by atoms with E-state index in [1.54, 1.807) is 11.3 Å². The van der Waals surface area contributed by atoms with Gasteiger partial charge in [0.2, 0.25) is 0 Å². The van der Waals surface area contributed by atoms with E-state index in [9.17, 15) is 0 Å². The largest absolute Gasteiger partial charge is 0.357 e. The summed E-state index contributed by atoms with van der Waals surface area (Å²) in [7, 11) is 0. The number of rotatable bonds is 5. The van der Waals surface area contributed by atoms with Crippen LogP contribution in [0.1, 0.15) is 25.3 Å². The van der Waals surface area contributed by atoms with Gasteiger partial charge >= 0.3 is 0 Å². The molecule has 0 aliphatic heterocycles. The lowest BCUT2D eigenvalue weighted by Gasteiger charge is -2.10. The predicted molar refractivity (Wildman–Crippen MR) is 69.9 cm³/mol. The molecule has 4 heteroatoms. The van der Waals surface area contributed by atoms with Gasteiger partial charge in [0.05, 0.1) is 6.54 Å². The number of nitrogens with zero attached hydrogens (tertiary/aromatic N) is 1. The second-order valence-electron chi connectivity index (χ2n) is 4.15. The molecule has 0 saturated heterocycles. The molecule has 0 unspecified atom stereocenters. The van der Waals surface area contributed by atoms with Gasteiger partial charge in [-0.3, -0.25) is 0 Å². The van der Waals surface area contributed by atoms with Gasteiger partial charge in [-0.15, -0.1) is 0 Å². The van der Waals surface area contributed by atoms with Crippen molar-refractivity contribution in [2.45, 2.75) is 26.3 Å². The van der Waals surface area contributed by atoms with Gasteiger partial charge in [0.25, 0.3) is 0 Å². The fraction of sp³-hybridized carbons (Fsp3) is 0.583. The Morgan fingerprint density at radius 1 is 1.50 bits per heavy atom. The van der Waals surface area contributed by atoms with E-state index in [4.69, 9.17) is 0 Å². The minimum Gasteiger partial charge on any atom is -0.357 e. The molecule has 16 heavy (non-hydrogen) atoms. The number of hydrogen-bond acceptors (Lipinski definition) is 2. The van der Waals surface area contributed by atoms with Crippen molar-refractivity contribution in [1.82, 2.24) is 10.6 Å². The summed E-state index contributed by atoms with van der Waals surface area (Å²) in [4.78, 5) is 4.56. The Hall–Kier alpha value is -1.03. The minimum absolute atomic E-state index is 0.767. The Morgan fingerprint density at radius 2 is 2.38 bits per heavy atom. The summed E-state index contributed by atoms with van der Waals surface area (Å²) in [6, 6.07) is 2.12. The van der Waals surface area contributed by atoms with Gasteiger partial charge in [0, 0.05) is 13.1 Å². The molecule has 0 radical (unpaired) electrons. The minimum atomic E-state index is 0.767. The molecule has 2 N–H and O–H groups in total. The second kappa shape index (κ2) is 5.89. The monoisotopic (exact) mass is 237 g/mol. The third-order valence-corrected chi connectivity index (χ3v) is 3.33. The highest BCUT2D eigenvalue weighted by Crippen LogP contribution is 2.27. The van der Waals surface area contributed by atoms with Crippen LogP contribution in [0.5, 0.6) is 0 Å². The predicted octanol–water partition coefficient (Wildman–Crippen LogP) is 2.21. The van der Waals surface area contributed by atoms with Crippen molar-refractivity contribution < 1.29 is 0 Å². The van der Waals surface area contributed by atoms with Crippen LogP contribution in [0.25, 0.3) is 0 Å². The van der Waals surface area contributed by atoms with E-state index in [0.29, 0.717) is 0 Å². The molecule has 0 aromatic carbocycles. The molecule has 1 aliphatic carbocycles. The normalized spacial score (nSPS) is 16.2. The maximum atomic E-state index is 4.56. The van der Waals surface area contributed by atoms with Crippen molar-refractivity contribution in [1.29, 1.82) is 0 Å². The molecule has 1 heterocycles. The molecule has 0 atom stereocenters. The molecule has 0 bridgehead atoms. The Labute approximate surface area is 101 Å². The van der Waals surface area contributed by atoms with Crippen molar-refractivity contribution in [2.75, 3.05) is 13.1 Å². The fourth-order valence-corrected chi connectivity index (χ4v) is 2.12. The van der Waals surface area contributed by atoms with Crippen molar-refractivity contribution in [2.24, 2.45) is 10.9 Å². The average Bonchev–Trinajstić information content (AvgIpc) is 2.97. The van der Waals surface area contributed by atoms with Crippen molar-refractivity contribution in [3.63, 3.8) is 0 Å². The first-order valence-corrected chi connectivity index (χ1v) is 6.86. The van der Waals surface area contributed by atoms with Crippen LogP contribution in [-0.4, -0.2) is 19.0 Å². The maximum absolute atomic E-state index is 4.56. The Morgan fingerprint density at radius 3 is 3.00 bits per heavy atom. The maximum Gasteiger partial charge on any atom is 0.191 e. The lowest BCUT2D eigenvalue weighted by atomic mass is 10.3. The van der Waals surface area contributed by atoms with Crippen LogP contribution in [0.4, 0.5) is 0 Å². The lowest BCUT2D eigenvalue weighted by molar-refractivity contribution is 0.739. The van der Waals surface area contributed by atoms with Gasteiger partial charge in [-0.1, -0.05) is 0 Å². The second-order valence-corrected chi connectivity index (χ2v) is 4.93. The summed E-state index contributed by atoms with van der Waals surface area (Å²) in [5.41, 5.74) is 1.29. The highest BCUT2D eigenvalue weighted by molar-refractivity contribution is 7.07. The van der Waals surface area contributed by atoms with Crippen molar-refractivity contribution >= 4 is 17.3 Å². The molecule has 0 amide bonds. The van der Waals surface area contributed by atoms with Gasteiger partial charge in [0.15, 0.2) is 5.96 Å². The highest BCUT2D eigenvalue weighted by Gasteiger charge is 2.20. The van der Waals surface area contributed by atoms with E-state index in [1.165, 1.54) is 18.4 Å². The summed E-state index contributed by atoms with van der Waals surface area (Å²) in [6.07, 6.45) is 2.74. The zero-order valence-electron chi connectivity index (χ0n) is 9.70. The summed E-state index contributed by atoms with van der Waals surface area (Å²) >= 11 is 1.72. The number of nitrogens with one attached hydrogen (secondary N) is 2. The fourth-order valence-electron chi connectivity index (χ4n) is 1.46. The molecular formula is C12H19N3S. The van der Waals surface area contributed by atoms with Gasteiger partial charge in [-0.05, 0) is 48.1 Å². The van der Waals surface area contributed by atoms with Crippen LogP contribution in [0.15, 0.2) is 21.8 Å². The molecule has 1 aromatic rings. The zero-order chi connectivity index (χ0) is 11.2. The summed E-state index contributed by atoms with van der Waals surface area (Å²) in [5.74, 6) is 1.82. The Bertz CT molecular complexity index is 328. The van der Waals surface area contributed by atoms with Crippen LogP contribution in [0.3, 0.4) is 0 Å². The molecule has 1 aliphatic rings. The van der Waals surface area contributed by atoms with Gasteiger partial charge in [-0.25, -0.2) is 4.99 Å². The van der Waals surface area contributed by atoms with E-state index >= 15 is 0 Å². The van der Waals surface area contributed by atoms with E-state index in [1.807, 2.05) is 0 Å². The highest BCUT2D eigenvalue weighted by atomic mass is 32.1. The topological polar surface area (TPSA) is 36.4 Å². The standard InChI is InChI=1S/C12H19N3S/c1-2-13-12(14-7-10-3-4-10)15-8-11-5-6-16-9-11/h5-6,9-10H,2-4,7-8H2,1H3,(H2,13,14,15). The first-order valence-electron chi connectivity index (χ1n) is 5.91. The SMILES string of the molecule is CCNC(=NCc1ccsc1)NCC1CC1. The van der Waals surface area contributed by atoms with Gasteiger partial charge in [0.1, 0.15) is 0 Å². The van der Waals surface area contributed by atoms with E-state index in [0.717, 1.165) is 31.5 Å². The van der Waals surface area contributed by atoms with Crippen LogP contribution < -0.4 is 10.6 Å². The Kier molecular flexibility index (Phi) is 4.22.